The number of aliphatic imine (C=N–C) groups is 1. The predicted octanol–water partition coefficient (Wildman–Crippen LogP) is 6.63. The van der Waals surface area contributed by atoms with Crippen molar-refractivity contribution < 1.29 is 23.0 Å². The Bertz CT molecular complexity index is 1550. The number of anilines is 1. The van der Waals surface area contributed by atoms with Gasteiger partial charge in [0.15, 0.2) is 0 Å². The van der Waals surface area contributed by atoms with Gasteiger partial charge >= 0.3 is 0 Å². The predicted molar refractivity (Wildman–Crippen MR) is 189 cm³/mol. The highest BCUT2D eigenvalue weighted by Crippen LogP contribution is 2.41. The molecule has 10 nitrogen and oxygen atoms in total. The summed E-state index contributed by atoms with van der Waals surface area (Å²) in [4.78, 5) is 26.4. The first-order chi connectivity index (χ1) is 23.6. The lowest BCUT2D eigenvalue weighted by Gasteiger charge is -2.37. The Balaban J connectivity index is 1.29. The third kappa shape index (κ3) is 9.97. The summed E-state index contributed by atoms with van der Waals surface area (Å²) in [6, 6.07) is 8.15. The highest BCUT2D eigenvalue weighted by Gasteiger charge is 2.44. The van der Waals surface area contributed by atoms with Crippen LogP contribution in [0.4, 0.5) is 14.5 Å². The van der Waals surface area contributed by atoms with Crippen molar-refractivity contribution in [2.75, 3.05) is 51.3 Å². The molecule has 4 rings (SSSR count). The molecule has 1 amide bonds. The van der Waals surface area contributed by atoms with Crippen LogP contribution < -0.4 is 9.64 Å². The van der Waals surface area contributed by atoms with Gasteiger partial charge in [-0.15, -0.1) is 0 Å². The summed E-state index contributed by atoms with van der Waals surface area (Å²) in [7, 11) is 1.66. The van der Waals surface area contributed by atoms with E-state index < -0.39 is 17.3 Å². The molecule has 0 radical (unpaired) electrons. The van der Waals surface area contributed by atoms with Gasteiger partial charge in [-0.05, 0) is 75.4 Å². The number of benzene rings is 1. The van der Waals surface area contributed by atoms with Crippen LogP contribution in [0.3, 0.4) is 0 Å². The number of hydrogen-bond acceptors (Lipinski definition) is 8. The van der Waals surface area contributed by atoms with Crippen molar-refractivity contribution in [3.05, 3.63) is 96.4 Å². The van der Waals surface area contributed by atoms with E-state index in [0.29, 0.717) is 26.1 Å². The van der Waals surface area contributed by atoms with Crippen molar-refractivity contribution in [2.24, 2.45) is 10.9 Å². The summed E-state index contributed by atoms with van der Waals surface area (Å²) in [5.41, 5.74) is 2.35. The van der Waals surface area contributed by atoms with Crippen LogP contribution in [0.1, 0.15) is 47.0 Å². The van der Waals surface area contributed by atoms with Gasteiger partial charge in [0, 0.05) is 68.9 Å². The molecule has 1 aromatic carbocycles. The summed E-state index contributed by atoms with van der Waals surface area (Å²) < 4.78 is 42.6. The molecule has 3 heterocycles. The normalized spacial score (nSPS) is 21.3. The van der Waals surface area contributed by atoms with Crippen molar-refractivity contribution in [3.8, 4) is 5.75 Å². The van der Waals surface area contributed by atoms with Gasteiger partial charge in [0.1, 0.15) is 29.8 Å². The minimum Gasteiger partial charge on any atom is -0.494 e. The molecule has 2 atom stereocenters. The molecule has 0 bridgehead atoms. The second-order valence-electron chi connectivity index (χ2n) is 12.4. The molecule has 2 saturated heterocycles. The van der Waals surface area contributed by atoms with Gasteiger partial charge < -0.3 is 19.3 Å². The fourth-order valence-electron chi connectivity index (χ4n) is 6.34. The van der Waals surface area contributed by atoms with Crippen LogP contribution in [0.5, 0.6) is 5.75 Å². The monoisotopic (exact) mass is 677 g/mol. The zero-order valence-electron chi connectivity index (χ0n) is 29.3. The van der Waals surface area contributed by atoms with Crippen molar-refractivity contribution in [2.45, 2.75) is 59.1 Å². The average molecular weight is 678 g/mol. The third-order valence-corrected chi connectivity index (χ3v) is 8.91. The summed E-state index contributed by atoms with van der Waals surface area (Å²) in [6.45, 7) is 15.3. The average Bonchev–Trinajstić information content (AvgIpc) is 3.75. The lowest BCUT2D eigenvalue weighted by Crippen LogP contribution is -2.45. The third-order valence-electron chi connectivity index (χ3n) is 8.91. The van der Waals surface area contributed by atoms with E-state index in [9.17, 15) is 9.18 Å². The van der Waals surface area contributed by atoms with Crippen molar-refractivity contribution in [1.82, 2.24) is 24.6 Å². The Morgan fingerprint density at radius 3 is 2.49 bits per heavy atom. The van der Waals surface area contributed by atoms with Gasteiger partial charge in [-0.3, -0.25) is 14.7 Å². The minimum atomic E-state index is -1.05. The number of aromatic nitrogens is 3. The van der Waals surface area contributed by atoms with E-state index in [1.165, 1.54) is 19.3 Å². The number of halogens is 2. The maximum absolute atomic E-state index is 15.1. The van der Waals surface area contributed by atoms with Crippen LogP contribution >= 0.6 is 0 Å². The first kappa shape index (κ1) is 37.2. The van der Waals surface area contributed by atoms with Crippen molar-refractivity contribution in [3.63, 3.8) is 0 Å². The van der Waals surface area contributed by atoms with Gasteiger partial charge in [0.05, 0.1) is 31.9 Å². The number of ether oxygens (including phenoxy) is 2. The fraction of sp³-hybridized carbons (Fsp3) is 0.459. The molecule has 0 aliphatic carbocycles. The number of amides is 1. The van der Waals surface area contributed by atoms with E-state index in [2.05, 4.69) is 56.6 Å². The molecule has 2 aliphatic heterocycles. The number of carbonyl (C=O) groups is 1. The molecule has 0 N–H and O–H groups in total. The van der Waals surface area contributed by atoms with Crippen LogP contribution in [0.25, 0.3) is 0 Å². The van der Waals surface area contributed by atoms with Crippen molar-refractivity contribution >= 4 is 17.9 Å². The summed E-state index contributed by atoms with van der Waals surface area (Å²) >= 11 is 0. The molecule has 1 aromatic heterocycles. The van der Waals surface area contributed by atoms with Crippen LogP contribution in [0.2, 0.25) is 0 Å². The van der Waals surface area contributed by atoms with Gasteiger partial charge in [-0.25, -0.2) is 18.4 Å². The first-order valence-corrected chi connectivity index (χ1v) is 16.7. The van der Waals surface area contributed by atoms with Gasteiger partial charge in [-0.2, -0.15) is 5.10 Å². The van der Waals surface area contributed by atoms with Crippen LogP contribution in [-0.4, -0.2) is 88.9 Å². The minimum absolute atomic E-state index is 0.0617. The highest BCUT2D eigenvalue weighted by molar-refractivity contribution is 5.88. The number of carbonyl (C=O) groups excluding carboxylic acids is 1. The SMILES string of the molecule is C=C/C(=C(F)\C=C(/C)F)[C@@]1(Cn2cncn2)C[C@H](CCOc2ccc(N3CCN(/C(C)=C/C=C(\CC)N(C=NC)C(C)=O)CC3)cc2)CO1. The first-order valence-electron chi connectivity index (χ1n) is 16.7. The second kappa shape index (κ2) is 17.7. The Hall–Kier alpha value is -4.58. The molecule has 0 saturated carbocycles. The fourth-order valence-corrected chi connectivity index (χ4v) is 6.34. The zero-order valence-corrected chi connectivity index (χ0v) is 29.3. The van der Waals surface area contributed by atoms with E-state index in [4.69, 9.17) is 9.47 Å². The Morgan fingerprint density at radius 2 is 1.90 bits per heavy atom. The maximum atomic E-state index is 15.1. The van der Waals surface area contributed by atoms with E-state index in [1.54, 1.807) is 36.2 Å². The van der Waals surface area contributed by atoms with E-state index >= 15 is 4.39 Å². The summed E-state index contributed by atoms with van der Waals surface area (Å²) in [5.74, 6) is -0.533. The number of nitrogens with zero attached hydrogens (tertiary/aromatic N) is 7. The smallest absolute Gasteiger partial charge is 0.228 e. The second-order valence-corrected chi connectivity index (χ2v) is 12.4. The molecule has 49 heavy (non-hydrogen) atoms. The molecule has 2 aliphatic rings. The largest absolute Gasteiger partial charge is 0.494 e. The maximum Gasteiger partial charge on any atom is 0.228 e. The van der Waals surface area contributed by atoms with Crippen LogP contribution in [-0.2, 0) is 16.1 Å². The highest BCUT2D eigenvalue weighted by atomic mass is 19.1. The summed E-state index contributed by atoms with van der Waals surface area (Å²) in [6.07, 6.45) is 12.8. The standard InChI is InChI=1S/C37H49F2N7O3/c1-7-32(46(26-40-6)30(5)47)10-9-29(4)43-16-18-44(19-17-43)33-11-13-34(14-12-33)48-20-15-31-22-37(49-23-31,24-45-27-41-25-42-45)35(8-2)36(39)21-28(3)38/h8-14,21,25-27,31H,2,7,15-20,22-24H2,1,3-6H3/b28-21+,29-9+,32-10+,36-35-,40-26?/t31-,37-/m0/s1. The van der Waals surface area contributed by atoms with Crippen LogP contribution in [0, 0.1) is 5.92 Å². The molecule has 2 fully saturated rings. The topological polar surface area (TPSA) is 88.3 Å². The van der Waals surface area contributed by atoms with Crippen LogP contribution in [0.15, 0.2) is 101 Å². The zero-order chi connectivity index (χ0) is 35.4. The number of piperazine rings is 1. The quantitative estimate of drug-likeness (QED) is 0.119. The van der Waals surface area contributed by atoms with E-state index in [-0.39, 0.29) is 23.9 Å². The molecular weight excluding hydrogens is 628 g/mol. The summed E-state index contributed by atoms with van der Waals surface area (Å²) in [5, 5.41) is 4.18. The molecular formula is C37H49F2N7O3. The Kier molecular flexibility index (Phi) is 13.5. The van der Waals surface area contributed by atoms with E-state index in [0.717, 1.165) is 61.5 Å². The molecule has 2 aromatic rings. The van der Waals surface area contributed by atoms with E-state index in [1.807, 2.05) is 25.1 Å². The van der Waals surface area contributed by atoms with Gasteiger partial charge in [0.2, 0.25) is 5.91 Å². The number of rotatable bonds is 15. The number of hydrogen-bond donors (Lipinski definition) is 0. The molecule has 12 heteroatoms. The number of allylic oxidation sites excluding steroid dienone is 7. The lowest BCUT2D eigenvalue weighted by molar-refractivity contribution is -0.123. The molecule has 0 spiro atoms. The Morgan fingerprint density at radius 1 is 1.16 bits per heavy atom. The molecule has 0 unspecified atom stereocenters. The Labute approximate surface area is 288 Å². The molecule has 264 valence electrons. The lowest BCUT2D eigenvalue weighted by atomic mass is 9.85. The van der Waals surface area contributed by atoms with Gasteiger partial charge in [0.25, 0.3) is 0 Å². The van der Waals surface area contributed by atoms with Crippen molar-refractivity contribution in [1.29, 1.82) is 0 Å². The van der Waals surface area contributed by atoms with Gasteiger partial charge in [-0.1, -0.05) is 19.6 Å².